The Morgan fingerprint density at radius 2 is 1.70 bits per heavy atom. The summed E-state index contributed by atoms with van der Waals surface area (Å²) >= 11 is 0. The number of carboxylic acids is 1. The smallest absolute Gasteiger partial charge is 0.328 e. The molecule has 2 aromatic carbocycles. The molecule has 0 heterocycles. The number of amides is 1. The van der Waals surface area contributed by atoms with Gasteiger partial charge in [-0.1, -0.05) is 6.07 Å². The number of nitrogens with one attached hydrogen (secondary N) is 1. The molecule has 6 nitrogen and oxygen atoms in total. The van der Waals surface area contributed by atoms with E-state index in [4.69, 9.17) is 9.47 Å². The van der Waals surface area contributed by atoms with Gasteiger partial charge in [-0.3, -0.25) is 4.79 Å². The van der Waals surface area contributed by atoms with Crippen LogP contribution in [-0.4, -0.2) is 35.7 Å². The molecule has 0 saturated heterocycles. The van der Waals surface area contributed by atoms with E-state index in [-0.39, 0.29) is 19.0 Å². The van der Waals surface area contributed by atoms with E-state index in [0.717, 1.165) is 36.8 Å². The average Bonchev–Trinajstić information content (AvgIpc) is 2.71. The zero-order chi connectivity index (χ0) is 21.7. The maximum atomic E-state index is 13.0. The second kappa shape index (κ2) is 9.15. The minimum absolute atomic E-state index is 0.191. The van der Waals surface area contributed by atoms with E-state index in [0.29, 0.717) is 17.1 Å². The van der Waals surface area contributed by atoms with Crippen molar-refractivity contribution >= 4 is 11.9 Å². The zero-order valence-corrected chi connectivity index (χ0v) is 17.2. The van der Waals surface area contributed by atoms with Crippen LogP contribution in [0.5, 0.6) is 11.5 Å². The number of aliphatic carboxylic acids is 1. The fourth-order valence-corrected chi connectivity index (χ4v) is 3.38. The van der Waals surface area contributed by atoms with Gasteiger partial charge in [0.1, 0.15) is 36.1 Å². The van der Waals surface area contributed by atoms with Crippen LogP contribution in [0.3, 0.4) is 0 Å². The van der Waals surface area contributed by atoms with Gasteiger partial charge in [0.05, 0.1) is 5.56 Å². The van der Waals surface area contributed by atoms with E-state index in [2.05, 4.69) is 5.32 Å². The summed E-state index contributed by atoms with van der Waals surface area (Å²) in [7, 11) is 0. The van der Waals surface area contributed by atoms with Crippen molar-refractivity contribution < 1.29 is 28.6 Å². The highest BCUT2D eigenvalue weighted by atomic mass is 19.1. The Hall–Kier alpha value is -3.09. The lowest BCUT2D eigenvalue weighted by Gasteiger charge is -2.25. The summed E-state index contributed by atoms with van der Waals surface area (Å²) in [5, 5.41) is 11.9. The first kappa shape index (κ1) is 21.6. The molecule has 0 spiro atoms. The molecule has 0 aromatic heterocycles. The monoisotopic (exact) mass is 415 g/mol. The Balaban J connectivity index is 1.76. The van der Waals surface area contributed by atoms with E-state index in [1.807, 2.05) is 6.07 Å². The largest absolute Gasteiger partial charge is 0.490 e. The maximum Gasteiger partial charge on any atom is 0.328 e. The predicted octanol–water partition coefficient (Wildman–Crippen LogP) is 3.76. The number of carbonyl (C=O) groups is 2. The first-order chi connectivity index (χ1) is 14.3. The third-order valence-corrected chi connectivity index (χ3v) is 5.10. The molecule has 1 amide bonds. The summed E-state index contributed by atoms with van der Waals surface area (Å²) in [6, 6.07) is 9.30. The normalized spacial score (nSPS) is 13.3. The number of halogens is 1. The Labute approximate surface area is 175 Å². The standard InChI is InChI=1S/C23H26FNO5/c1-23(2,22(27)28)25-21(26)19-12-7-15-5-3-4-6-18(15)20(19)30-14-13-29-17-10-8-16(24)9-11-17/h7-12H,3-6,13-14H2,1-2H3,(H,25,26)(H,27,28). The van der Waals surface area contributed by atoms with Crippen LogP contribution in [0.25, 0.3) is 0 Å². The molecule has 160 valence electrons. The highest BCUT2D eigenvalue weighted by molar-refractivity contribution is 6.00. The van der Waals surface area contributed by atoms with Gasteiger partial charge >= 0.3 is 5.97 Å². The van der Waals surface area contributed by atoms with Gasteiger partial charge in [0.15, 0.2) is 0 Å². The molecule has 0 unspecified atom stereocenters. The maximum absolute atomic E-state index is 13.0. The number of ether oxygens (including phenoxy) is 2. The van der Waals surface area contributed by atoms with Gasteiger partial charge in [-0.25, -0.2) is 9.18 Å². The second-order valence-corrected chi connectivity index (χ2v) is 7.82. The molecule has 0 saturated carbocycles. The Bertz CT molecular complexity index is 924. The highest BCUT2D eigenvalue weighted by Gasteiger charge is 2.31. The predicted molar refractivity (Wildman–Crippen MR) is 110 cm³/mol. The number of rotatable bonds is 8. The van der Waals surface area contributed by atoms with Crippen molar-refractivity contribution in [1.29, 1.82) is 0 Å². The van der Waals surface area contributed by atoms with Crippen LogP contribution in [0, 0.1) is 5.82 Å². The highest BCUT2D eigenvalue weighted by Crippen LogP contribution is 2.33. The molecule has 0 radical (unpaired) electrons. The number of hydrogen-bond acceptors (Lipinski definition) is 4. The van der Waals surface area contributed by atoms with Crippen molar-refractivity contribution in [3.63, 3.8) is 0 Å². The summed E-state index contributed by atoms with van der Waals surface area (Å²) in [5.74, 6) is -0.950. The number of carboxylic acid groups (broad SMARTS) is 1. The molecular formula is C23H26FNO5. The fourth-order valence-electron chi connectivity index (χ4n) is 3.38. The third kappa shape index (κ3) is 5.09. The first-order valence-corrected chi connectivity index (χ1v) is 10.00. The van der Waals surface area contributed by atoms with Crippen LogP contribution in [0.2, 0.25) is 0 Å². The summed E-state index contributed by atoms with van der Waals surface area (Å²) in [5.41, 5.74) is 1.04. The summed E-state index contributed by atoms with van der Waals surface area (Å²) in [6.07, 6.45) is 3.80. The van der Waals surface area contributed by atoms with E-state index < -0.39 is 17.4 Å². The second-order valence-electron chi connectivity index (χ2n) is 7.82. The fraction of sp³-hybridized carbons (Fsp3) is 0.391. The zero-order valence-electron chi connectivity index (χ0n) is 17.2. The van der Waals surface area contributed by atoms with E-state index in [9.17, 15) is 19.1 Å². The van der Waals surface area contributed by atoms with Crippen LogP contribution < -0.4 is 14.8 Å². The van der Waals surface area contributed by atoms with Crippen LogP contribution in [0.15, 0.2) is 36.4 Å². The van der Waals surface area contributed by atoms with Crippen molar-refractivity contribution in [2.75, 3.05) is 13.2 Å². The lowest BCUT2D eigenvalue weighted by atomic mass is 9.89. The number of aryl methyl sites for hydroxylation is 1. The molecule has 0 atom stereocenters. The molecule has 3 rings (SSSR count). The van der Waals surface area contributed by atoms with Crippen molar-refractivity contribution in [3.8, 4) is 11.5 Å². The van der Waals surface area contributed by atoms with Crippen LogP contribution in [0.4, 0.5) is 4.39 Å². The minimum atomic E-state index is -1.41. The minimum Gasteiger partial charge on any atom is -0.490 e. The van der Waals surface area contributed by atoms with Crippen molar-refractivity contribution in [2.45, 2.75) is 45.1 Å². The summed E-state index contributed by atoms with van der Waals surface area (Å²) < 4.78 is 24.5. The molecule has 0 bridgehead atoms. The molecule has 1 aliphatic carbocycles. The molecule has 0 aliphatic heterocycles. The molecule has 0 fully saturated rings. The first-order valence-electron chi connectivity index (χ1n) is 10.00. The van der Waals surface area contributed by atoms with Crippen molar-refractivity contribution in [3.05, 3.63) is 58.9 Å². The van der Waals surface area contributed by atoms with E-state index in [1.54, 1.807) is 6.07 Å². The quantitative estimate of drug-likeness (QED) is 0.642. The van der Waals surface area contributed by atoms with Crippen LogP contribution in [0.1, 0.15) is 48.2 Å². The third-order valence-electron chi connectivity index (χ3n) is 5.10. The van der Waals surface area contributed by atoms with Gasteiger partial charge in [0.25, 0.3) is 5.91 Å². The molecule has 2 aromatic rings. The lowest BCUT2D eigenvalue weighted by Crippen LogP contribution is -2.49. The molecule has 30 heavy (non-hydrogen) atoms. The Morgan fingerprint density at radius 1 is 1.03 bits per heavy atom. The number of hydrogen-bond donors (Lipinski definition) is 2. The van der Waals surface area contributed by atoms with Gasteiger partial charge in [0, 0.05) is 0 Å². The Morgan fingerprint density at radius 3 is 2.40 bits per heavy atom. The lowest BCUT2D eigenvalue weighted by molar-refractivity contribution is -0.143. The van der Waals surface area contributed by atoms with Gasteiger partial charge in [-0.15, -0.1) is 0 Å². The Kier molecular flexibility index (Phi) is 6.59. The van der Waals surface area contributed by atoms with Crippen LogP contribution >= 0.6 is 0 Å². The van der Waals surface area contributed by atoms with Crippen molar-refractivity contribution in [2.24, 2.45) is 0 Å². The SMILES string of the molecule is CC(C)(NC(=O)c1ccc2c(c1OCCOc1ccc(F)cc1)CCCC2)C(=O)O. The van der Waals surface area contributed by atoms with Gasteiger partial charge in [-0.2, -0.15) is 0 Å². The molecular weight excluding hydrogens is 389 g/mol. The van der Waals surface area contributed by atoms with Gasteiger partial charge in [-0.05, 0) is 81.0 Å². The topological polar surface area (TPSA) is 84.9 Å². The molecule has 1 aliphatic rings. The molecule has 7 heteroatoms. The molecule has 2 N–H and O–H groups in total. The van der Waals surface area contributed by atoms with Crippen LogP contribution in [-0.2, 0) is 17.6 Å². The average molecular weight is 415 g/mol. The number of fused-ring (bicyclic) bond motifs is 1. The summed E-state index contributed by atoms with van der Waals surface area (Å²) in [6.45, 7) is 3.28. The van der Waals surface area contributed by atoms with E-state index >= 15 is 0 Å². The number of carbonyl (C=O) groups excluding carboxylic acids is 1. The van der Waals surface area contributed by atoms with Crippen molar-refractivity contribution in [1.82, 2.24) is 5.32 Å². The van der Waals surface area contributed by atoms with E-state index in [1.165, 1.54) is 38.1 Å². The van der Waals surface area contributed by atoms with Gasteiger partial charge in [0.2, 0.25) is 0 Å². The number of benzene rings is 2. The summed E-state index contributed by atoms with van der Waals surface area (Å²) in [4.78, 5) is 24.2. The van der Waals surface area contributed by atoms with Gasteiger partial charge < -0.3 is 19.9 Å².